The molecule has 0 spiro atoms. The van der Waals surface area contributed by atoms with Crippen molar-refractivity contribution in [2.45, 2.75) is 38.1 Å². The maximum atomic E-state index is 11.0. The van der Waals surface area contributed by atoms with Gasteiger partial charge in [-0.1, -0.05) is 43.6 Å². The molecule has 0 aliphatic rings. The van der Waals surface area contributed by atoms with E-state index < -0.39 is 0 Å². The molecule has 0 saturated carbocycles. The molecule has 1 aromatic heterocycles. The van der Waals surface area contributed by atoms with Crippen molar-refractivity contribution in [3.8, 4) is 5.75 Å². The van der Waals surface area contributed by atoms with Crippen LogP contribution in [0.5, 0.6) is 5.75 Å². The van der Waals surface area contributed by atoms with Crippen LogP contribution in [0, 0.1) is 12.8 Å². The molecule has 6 nitrogen and oxygen atoms in total. The molecular weight excluding hydrogens is 474 g/mol. The molecule has 33 heavy (non-hydrogen) atoms. The summed E-state index contributed by atoms with van der Waals surface area (Å²) >= 11 is 8.85. The summed E-state index contributed by atoms with van der Waals surface area (Å²) in [5, 5.41) is 23.9. The van der Waals surface area contributed by atoms with Crippen molar-refractivity contribution in [3.05, 3.63) is 53.1 Å². The van der Waals surface area contributed by atoms with E-state index in [0.29, 0.717) is 33.1 Å². The zero-order valence-corrected chi connectivity index (χ0v) is 21.1. The summed E-state index contributed by atoms with van der Waals surface area (Å²) in [6.45, 7) is 6.92. The third kappa shape index (κ3) is 5.15. The molecule has 0 radical (unpaired) electrons. The molecule has 0 bridgehead atoms. The van der Waals surface area contributed by atoms with Crippen LogP contribution in [0.15, 0.2) is 57.6 Å². The summed E-state index contributed by atoms with van der Waals surface area (Å²) in [6, 6.07) is 13.5. The number of nitrogens with two attached hydrogens (primary N) is 1. The highest BCUT2D eigenvalue weighted by Crippen LogP contribution is 2.43. The van der Waals surface area contributed by atoms with Gasteiger partial charge in [0.1, 0.15) is 5.75 Å². The average molecular weight is 500 g/mol. The van der Waals surface area contributed by atoms with Gasteiger partial charge in [0.25, 0.3) is 0 Å². The fourth-order valence-electron chi connectivity index (χ4n) is 3.68. The van der Waals surface area contributed by atoms with Crippen LogP contribution in [0.3, 0.4) is 0 Å². The molecule has 0 saturated heterocycles. The van der Waals surface area contributed by atoms with E-state index in [1.165, 1.54) is 23.5 Å². The van der Waals surface area contributed by atoms with Crippen molar-refractivity contribution in [1.82, 2.24) is 9.10 Å². The fraction of sp³-hybridized carbons (Fsp3) is 0.292. The van der Waals surface area contributed by atoms with Crippen LogP contribution in [0.25, 0.3) is 21.7 Å². The summed E-state index contributed by atoms with van der Waals surface area (Å²) in [5.74, 6) is 0.645. The van der Waals surface area contributed by atoms with Gasteiger partial charge in [-0.15, -0.1) is 10.2 Å². The van der Waals surface area contributed by atoms with E-state index in [4.69, 9.17) is 17.3 Å². The van der Waals surface area contributed by atoms with Crippen LogP contribution in [0.2, 0.25) is 5.02 Å². The minimum Gasteiger partial charge on any atom is -0.506 e. The molecule has 1 heterocycles. The number of halogens is 1. The Morgan fingerprint density at radius 3 is 2.76 bits per heavy atom. The number of benzene rings is 3. The summed E-state index contributed by atoms with van der Waals surface area (Å²) in [7, 11) is 0. The molecule has 172 valence electrons. The number of nitrogens with zero attached hydrogens (tertiary/aromatic N) is 3. The predicted molar refractivity (Wildman–Crippen MR) is 140 cm³/mol. The Balaban J connectivity index is 1.75. The van der Waals surface area contributed by atoms with Crippen molar-refractivity contribution in [2.75, 3.05) is 6.54 Å². The number of aromatic nitrogens is 1. The molecule has 1 unspecified atom stereocenters. The Morgan fingerprint density at radius 2 is 2.00 bits per heavy atom. The highest BCUT2D eigenvalue weighted by Gasteiger charge is 2.17. The maximum absolute atomic E-state index is 11.0. The third-order valence-corrected chi connectivity index (χ3v) is 7.51. The molecule has 3 aromatic carbocycles. The normalized spacial score (nSPS) is 13.0. The van der Waals surface area contributed by atoms with Gasteiger partial charge in [0, 0.05) is 27.2 Å². The summed E-state index contributed by atoms with van der Waals surface area (Å²) < 4.78 is 7.90. The van der Waals surface area contributed by atoms with Gasteiger partial charge in [-0.25, -0.2) is 0 Å². The molecule has 0 fully saturated rings. The molecule has 4 aromatic rings. The standard InChI is InChI=1S/C24H26ClN5OS2/c1-13(2)18(9-10-26)29-32-21-12-20(22-14(3)5-4-6-16(22)23(21)31)27-28-24-17-11-15(25)7-8-19(17)30-33-24/h4-8,11-13,18,29,31H,9-10,26H2,1-3H3. The van der Waals surface area contributed by atoms with E-state index in [2.05, 4.69) is 33.2 Å². The van der Waals surface area contributed by atoms with Gasteiger partial charge < -0.3 is 10.8 Å². The van der Waals surface area contributed by atoms with Gasteiger partial charge in [0.15, 0.2) is 5.00 Å². The zero-order chi connectivity index (χ0) is 23.5. The van der Waals surface area contributed by atoms with E-state index in [-0.39, 0.29) is 11.8 Å². The second kappa shape index (κ2) is 10.4. The number of hydrogen-bond acceptors (Lipinski definition) is 8. The van der Waals surface area contributed by atoms with Crippen LogP contribution >= 0.6 is 35.1 Å². The van der Waals surface area contributed by atoms with E-state index in [9.17, 15) is 5.11 Å². The zero-order valence-electron chi connectivity index (χ0n) is 18.7. The first-order valence-corrected chi connectivity index (χ1v) is 12.7. The van der Waals surface area contributed by atoms with Gasteiger partial charge in [-0.2, -0.15) is 4.37 Å². The van der Waals surface area contributed by atoms with E-state index in [1.54, 1.807) is 0 Å². The van der Waals surface area contributed by atoms with Crippen molar-refractivity contribution < 1.29 is 5.11 Å². The van der Waals surface area contributed by atoms with Crippen LogP contribution in [-0.4, -0.2) is 22.1 Å². The smallest absolute Gasteiger partial charge is 0.166 e. The minimum absolute atomic E-state index is 0.228. The number of hydrogen-bond donors (Lipinski definition) is 3. The molecule has 4 rings (SSSR count). The average Bonchev–Trinajstić information content (AvgIpc) is 3.19. The molecule has 0 amide bonds. The summed E-state index contributed by atoms with van der Waals surface area (Å²) in [4.78, 5) is 0.696. The number of azo groups is 1. The van der Waals surface area contributed by atoms with Crippen molar-refractivity contribution >= 4 is 67.4 Å². The first-order valence-electron chi connectivity index (χ1n) is 10.7. The summed E-state index contributed by atoms with van der Waals surface area (Å²) in [6.07, 6.45) is 0.853. The minimum atomic E-state index is 0.228. The molecule has 4 N–H and O–H groups in total. The first kappa shape index (κ1) is 23.9. The molecule has 1 atom stereocenters. The predicted octanol–water partition coefficient (Wildman–Crippen LogP) is 7.50. The number of aryl methyl sites for hydroxylation is 1. The Kier molecular flexibility index (Phi) is 7.51. The van der Waals surface area contributed by atoms with Crippen molar-refractivity contribution in [3.63, 3.8) is 0 Å². The van der Waals surface area contributed by atoms with Gasteiger partial charge in [-0.05, 0) is 79.1 Å². The lowest BCUT2D eigenvalue weighted by Crippen LogP contribution is -2.31. The van der Waals surface area contributed by atoms with Crippen LogP contribution in [-0.2, 0) is 0 Å². The Hall–Kier alpha value is -2.23. The van der Waals surface area contributed by atoms with Crippen molar-refractivity contribution in [2.24, 2.45) is 21.9 Å². The fourth-order valence-corrected chi connectivity index (χ4v) is 5.58. The monoisotopic (exact) mass is 499 g/mol. The topological polar surface area (TPSA) is 95.9 Å². The van der Waals surface area contributed by atoms with Crippen LogP contribution in [0.1, 0.15) is 25.8 Å². The Bertz CT molecular complexity index is 1320. The molecule has 0 aliphatic heterocycles. The molecule has 9 heteroatoms. The maximum Gasteiger partial charge on any atom is 0.166 e. The molecular formula is C24H26ClN5OS2. The number of rotatable bonds is 8. The van der Waals surface area contributed by atoms with E-state index in [0.717, 1.165) is 33.7 Å². The quantitative estimate of drug-likeness (QED) is 0.172. The highest BCUT2D eigenvalue weighted by atomic mass is 35.5. The van der Waals surface area contributed by atoms with E-state index in [1.807, 2.05) is 49.4 Å². The van der Waals surface area contributed by atoms with Gasteiger partial charge in [0.05, 0.1) is 16.1 Å². The third-order valence-electron chi connectivity index (χ3n) is 5.56. The van der Waals surface area contributed by atoms with Gasteiger partial charge >= 0.3 is 0 Å². The Morgan fingerprint density at radius 1 is 1.18 bits per heavy atom. The number of phenolic OH excluding ortho intramolecular Hbond substituents is 1. The second-order valence-electron chi connectivity index (χ2n) is 8.24. The largest absolute Gasteiger partial charge is 0.506 e. The van der Waals surface area contributed by atoms with Crippen LogP contribution < -0.4 is 10.5 Å². The number of nitrogens with one attached hydrogen (secondary N) is 1. The first-order chi connectivity index (χ1) is 15.9. The SMILES string of the molecule is Cc1cccc2c(O)c(SNC(CCN)C(C)C)cc(N=Nc3snc4ccc(Cl)cc34)c12. The molecule has 0 aliphatic carbocycles. The number of phenols is 1. The van der Waals surface area contributed by atoms with Crippen molar-refractivity contribution in [1.29, 1.82) is 0 Å². The van der Waals surface area contributed by atoms with Crippen LogP contribution in [0.4, 0.5) is 10.7 Å². The summed E-state index contributed by atoms with van der Waals surface area (Å²) in [5.41, 5.74) is 8.32. The van der Waals surface area contributed by atoms with Gasteiger partial charge in [0.2, 0.25) is 0 Å². The lowest BCUT2D eigenvalue weighted by molar-refractivity contribution is 0.443. The second-order valence-corrected chi connectivity index (χ2v) is 10.3. The Labute approximate surface area is 206 Å². The number of fused-ring (bicyclic) bond motifs is 2. The highest BCUT2D eigenvalue weighted by molar-refractivity contribution is 7.97. The number of aromatic hydroxyl groups is 1. The van der Waals surface area contributed by atoms with Gasteiger partial charge in [-0.3, -0.25) is 4.72 Å². The lowest BCUT2D eigenvalue weighted by Gasteiger charge is -2.21. The lowest BCUT2D eigenvalue weighted by atomic mass is 10.0. The van der Waals surface area contributed by atoms with E-state index >= 15 is 0 Å².